The first-order chi connectivity index (χ1) is 7.97. The highest BCUT2D eigenvalue weighted by atomic mass is 14.9. The van der Waals surface area contributed by atoms with Gasteiger partial charge in [0, 0.05) is 12.8 Å². The van der Waals surface area contributed by atoms with E-state index in [1.807, 2.05) is 0 Å². The van der Waals surface area contributed by atoms with E-state index in [1.165, 1.54) is 25.7 Å². The van der Waals surface area contributed by atoms with Gasteiger partial charge in [-0.2, -0.15) is 7.05 Å². The summed E-state index contributed by atoms with van der Waals surface area (Å²) >= 11 is 0. The Labute approximate surface area is 107 Å². The van der Waals surface area contributed by atoms with Gasteiger partial charge in [0.15, 0.2) is 0 Å². The molecule has 2 N–H and O–H groups in total. The Kier molecular flexibility index (Phi) is 5.45. The minimum Gasteiger partial charge on any atom is -0.474 e. The third kappa shape index (κ3) is 4.67. The maximum Gasteiger partial charge on any atom is 0.0695 e. The maximum absolute atomic E-state index is 3.97. The molecule has 1 saturated carbocycles. The van der Waals surface area contributed by atoms with Crippen LogP contribution in [-0.2, 0) is 0 Å². The molecule has 0 spiro atoms. The molecule has 1 nitrogen and oxygen atoms in total. The standard InChI is InChI=1S/C16H29N/c1-13(2)7-6-8-14(3)15-9-11-16(4,17-5)12-10-15/h6-8,13,15H,5,9-12,17H2,1-4H3. The molecular weight excluding hydrogens is 206 g/mol. The van der Waals surface area contributed by atoms with Crippen LogP contribution in [0, 0.1) is 18.9 Å². The molecule has 1 heteroatoms. The minimum absolute atomic E-state index is 0.393. The average Bonchev–Trinajstić information content (AvgIpc) is 2.29. The average molecular weight is 235 g/mol. The van der Waals surface area contributed by atoms with E-state index in [0.717, 1.165) is 5.92 Å². The second-order valence-corrected chi connectivity index (χ2v) is 6.17. The summed E-state index contributed by atoms with van der Waals surface area (Å²) in [5.74, 6) is 1.44. The fourth-order valence-electron chi connectivity index (χ4n) is 2.50. The molecule has 1 rings (SSSR count). The fourth-order valence-corrected chi connectivity index (χ4v) is 2.50. The first kappa shape index (κ1) is 14.5. The van der Waals surface area contributed by atoms with E-state index in [9.17, 15) is 0 Å². The number of hydrogen-bond donors (Lipinski definition) is 1. The van der Waals surface area contributed by atoms with Crippen LogP contribution in [0.2, 0.25) is 0 Å². The quantitative estimate of drug-likeness (QED) is 0.568. The highest BCUT2D eigenvalue weighted by molar-refractivity contribution is 5.14. The lowest BCUT2D eigenvalue weighted by atomic mass is 9.75. The molecule has 0 amide bonds. The Morgan fingerprint density at radius 2 is 1.94 bits per heavy atom. The van der Waals surface area contributed by atoms with Gasteiger partial charge in [-0.15, -0.1) is 0 Å². The van der Waals surface area contributed by atoms with E-state index in [4.69, 9.17) is 0 Å². The molecule has 0 aromatic heterocycles. The number of quaternary nitrogens is 1. The van der Waals surface area contributed by atoms with Gasteiger partial charge in [-0.3, -0.25) is 0 Å². The van der Waals surface area contributed by atoms with Gasteiger partial charge in [-0.25, -0.2) is 0 Å². The zero-order valence-corrected chi connectivity index (χ0v) is 12.0. The van der Waals surface area contributed by atoms with Crippen LogP contribution >= 0.6 is 0 Å². The first-order valence-corrected chi connectivity index (χ1v) is 6.95. The van der Waals surface area contributed by atoms with Crippen molar-refractivity contribution in [2.24, 2.45) is 11.8 Å². The molecule has 1 fully saturated rings. The Hall–Kier alpha value is -0.560. The molecule has 0 bridgehead atoms. The number of allylic oxidation sites excluding steroid dienone is 4. The Morgan fingerprint density at radius 3 is 2.41 bits per heavy atom. The van der Waals surface area contributed by atoms with E-state index >= 15 is 0 Å². The summed E-state index contributed by atoms with van der Waals surface area (Å²) in [4.78, 5) is 0. The summed E-state index contributed by atoms with van der Waals surface area (Å²) in [5.41, 5.74) is 1.94. The van der Waals surface area contributed by atoms with Gasteiger partial charge >= 0.3 is 0 Å². The maximum atomic E-state index is 3.97. The number of nitrogens with two attached hydrogens (primary N) is 1. The molecule has 17 heavy (non-hydrogen) atoms. The number of hydrogen-bond acceptors (Lipinski definition) is 0. The lowest BCUT2D eigenvalue weighted by Gasteiger charge is -2.37. The van der Waals surface area contributed by atoms with Gasteiger partial charge in [0.05, 0.1) is 5.54 Å². The summed E-state index contributed by atoms with van der Waals surface area (Å²) in [5, 5.41) is 2.15. The van der Waals surface area contributed by atoms with Crippen LogP contribution in [0.3, 0.4) is 0 Å². The normalized spacial score (nSPS) is 31.4. The molecular formula is C16H29N. The van der Waals surface area contributed by atoms with Crippen molar-refractivity contribution in [3.8, 4) is 0 Å². The van der Waals surface area contributed by atoms with Crippen LogP contribution in [0.1, 0.15) is 53.4 Å². The molecule has 0 saturated heterocycles. The van der Waals surface area contributed by atoms with Gasteiger partial charge < -0.3 is 5.32 Å². The number of rotatable bonds is 4. The van der Waals surface area contributed by atoms with Gasteiger partial charge in [-0.05, 0) is 38.5 Å². The van der Waals surface area contributed by atoms with Crippen molar-refractivity contribution in [3.05, 3.63) is 30.8 Å². The molecule has 98 valence electrons. The van der Waals surface area contributed by atoms with Crippen molar-refractivity contribution in [1.82, 2.24) is 0 Å². The molecule has 0 atom stereocenters. The Morgan fingerprint density at radius 1 is 1.35 bits per heavy atom. The van der Waals surface area contributed by atoms with E-state index < -0.39 is 0 Å². The van der Waals surface area contributed by atoms with Crippen LogP contribution in [0.4, 0.5) is 0 Å². The van der Waals surface area contributed by atoms with Crippen LogP contribution in [0.5, 0.6) is 0 Å². The topological polar surface area (TPSA) is 16.6 Å². The highest BCUT2D eigenvalue weighted by Gasteiger charge is 2.31. The van der Waals surface area contributed by atoms with Crippen molar-refractivity contribution in [1.29, 1.82) is 0 Å². The zero-order chi connectivity index (χ0) is 12.9. The van der Waals surface area contributed by atoms with Crippen molar-refractivity contribution < 1.29 is 5.32 Å². The van der Waals surface area contributed by atoms with Crippen LogP contribution < -0.4 is 5.32 Å². The van der Waals surface area contributed by atoms with Crippen molar-refractivity contribution in [3.63, 3.8) is 0 Å². The molecule has 0 heterocycles. The highest BCUT2D eigenvalue weighted by Crippen LogP contribution is 2.33. The predicted octanol–water partition coefficient (Wildman–Crippen LogP) is 3.45. The second-order valence-electron chi connectivity index (χ2n) is 6.17. The first-order valence-electron chi connectivity index (χ1n) is 6.95. The smallest absolute Gasteiger partial charge is 0.0695 e. The minimum atomic E-state index is 0.393. The monoisotopic (exact) mass is 235 g/mol. The SMILES string of the molecule is [CH2-][NH2+]C1(C)CCC(C(C)=CC=CC(C)C)CC1. The molecule has 1 aliphatic rings. The van der Waals surface area contributed by atoms with Crippen molar-refractivity contribution >= 4 is 0 Å². The van der Waals surface area contributed by atoms with Crippen LogP contribution in [-0.4, -0.2) is 5.54 Å². The molecule has 0 aliphatic heterocycles. The summed E-state index contributed by atoms with van der Waals surface area (Å²) in [6, 6.07) is 0. The van der Waals surface area contributed by atoms with Gasteiger partial charge in [0.2, 0.25) is 0 Å². The Balaban J connectivity index is 2.48. The van der Waals surface area contributed by atoms with E-state index in [-0.39, 0.29) is 0 Å². The lowest BCUT2D eigenvalue weighted by molar-refractivity contribution is -0.676. The van der Waals surface area contributed by atoms with Crippen molar-refractivity contribution in [2.75, 3.05) is 0 Å². The zero-order valence-electron chi connectivity index (χ0n) is 12.0. The van der Waals surface area contributed by atoms with E-state index in [2.05, 4.69) is 58.3 Å². The van der Waals surface area contributed by atoms with Crippen LogP contribution in [0.25, 0.3) is 0 Å². The third-order valence-electron chi connectivity index (χ3n) is 4.12. The molecule has 0 unspecified atom stereocenters. The summed E-state index contributed by atoms with van der Waals surface area (Å²) in [6.07, 6.45) is 12.0. The molecule has 1 aliphatic carbocycles. The predicted molar refractivity (Wildman–Crippen MR) is 75.4 cm³/mol. The molecule has 0 aromatic rings. The summed E-state index contributed by atoms with van der Waals surface area (Å²) in [7, 11) is 3.97. The van der Waals surface area contributed by atoms with Crippen LogP contribution in [0.15, 0.2) is 23.8 Å². The second kappa shape index (κ2) is 6.39. The summed E-state index contributed by atoms with van der Waals surface area (Å²) in [6.45, 7) is 9.06. The van der Waals surface area contributed by atoms with Crippen molar-refractivity contribution in [2.45, 2.75) is 58.9 Å². The fraction of sp³-hybridized carbons (Fsp3) is 0.688. The summed E-state index contributed by atoms with van der Waals surface area (Å²) < 4.78 is 0. The molecule has 0 radical (unpaired) electrons. The lowest BCUT2D eigenvalue weighted by Crippen LogP contribution is -2.91. The van der Waals surface area contributed by atoms with E-state index in [1.54, 1.807) is 5.57 Å². The van der Waals surface area contributed by atoms with E-state index in [0.29, 0.717) is 11.5 Å². The van der Waals surface area contributed by atoms with Gasteiger partial charge in [-0.1, -0.05) is 37.6 Å². The van der Waals surface area contributed by atoms with Gasteiger partial charge in [0.25, 0.3) is 0 Å². The largest absolute Gasteiger partial charge is 0.474 e. The third-order valence-corrected chi connectivity index (χ3v) is 4.12. The van der Waals surface area contributed by atoms with Gasteiger partial charge in [0.1, 0.15) is 0 Å². The molecule has 0 aromatic carbocycles. The Bertz CT molecular complexity index is 278.